The van der Waals surface area contributed by atoms with Crippen molar-refractivity contribution in [1.82, 2.24) is 15.1 Å². The van der Waals surface area contributed by atoms with E-state index in [2.05, 4.69) is 20.3 Å². The summed E-state index contributed by atoms with van der Waals surface area (Å²) in [5.41, 5.74) is 1.22. The number of carbonyl (C=O) groups is 2. The predicted molar refractivity (Wildman–Crippen MR) is 171 cm³/mol. The minimum atomic E-state index is -0.551. The Morgan fingerprint density at radius 1 is 0.891 bits per heavy atom. The van der Waals surface area contributed by atoms with Gasteiger partial charge in [-0.1, -0.05) is 18.6 Å². The van der Waals surface area contributed by atoms with Crippen LogP contribution in [0.15, 0.2) is 64.5 Å². The van der Waals surface area contributed by atoms with Gasteiger partial charge in [0.1, 0.15) is 18.0 Å². The lowest BCUT2D eigenvalue weighted by Crippen LogP contribution is -2.34. The van der Waals surface area contributed by atoms with Crippen LogP contribution in [0.1, 0.15) is 62.4 Å². The molecular weight excluding hydrogens is 594 g/mol. The van der Waals surface area contributed by atoms with Crippen LogP contribution in [0, 0.1) is 0 Å². The number of hydrogen-bond donors (Lipinski definition) is 2. The number of phenolic OH excluding ortho intramolecular Hbond substituents is 1. The average molecular weight is 638 g/mol. The van der Waals surface area contributed by atoms with Crippen molar-refractivity contribution in [1.29, 1.82) is 0 Å². The van der Waals surface area contributed by atoms with Gasteiger partial charge < -0.3 is 34.4 Å². The van der Waals surface area contributed by atoms with Crippen molar-refractivity contribution in [3.8, 4) is 5.75 Å². The van der Waals surface area contributed by atoms with Gasteiger partial charge in [0, 0.05) is 40.2 Å². The molecule has 0 heterocycles. The van der Waals surface area contributed by atoms with Gasteiger partial charge in [0.05, 0.1) is 24.0 Å². The molecule has 13 nitrogen and oxygen atoms in total. The van der Waals surface area contributed by atoms with E-state index in [-0.39, 0.29) is 35.7 Å². The number of benzene rings is 2. The third-order valence-electron chi connectivity index (χ3n) is 6.43. The van der Waals surface area contributed by atoms with Crippen molar-refractivity contribution in [2.75, 3.05) is 40.8 Å². The first-order valence-corrected chi connectivity index (χ1v) is 14.8. The van der Waals surface area contributed by atoms with Crippen LogP contribution in [0.2, 0.25) is 0 Å². The number of amides is 1. The third kappa shape index (κ3) is 13.3. The molecule has 248 valence electrons. The fourth-order valence-corrected chi connectivity index (χ4v) is 3.85. The summed E-state index contributed by atoms with van der Waals surface area (Å²) in [5.74, 6) is 2.82. The fourth-order valence-electron chi connectivity index (χ4n) is 3.85. The lowest BCUT2D eigenvalue weighted by atomic mass is 10.1. The summed E-state index contributed by atoms with van der Waals surface area (Å²) in [6.07, 6.45) is 2.43. The molecule has 0 aliphatic carbocycles. The molecule has 2 rings (SSSR count). The predicted octanol–water partition coefficient (Wildman–Crippen LogP) is 4.81. The second-order valence-electron chi connectivity index (χ2n) is 11.4. The van der Waals surface area contributed by atoms with E-state index in [0.717, 1.165) is 12.0 Å². The Labute approximate surface area is 269 Å². The summed E-state index contributed by atoms with van der Waals surface area (Å²) >= 11 is 0. The van der Waals surface area contributed by atoms with Crippen LogP contribution in [-0.2, 0) is 35.2 Å². The van der Waals surface area contributed by atoms with Crippen LogP contribution in [0.3, 0.4) is 0 Å². The first-order valence-electron chi connectivity index (χ1n) is 14.8. The first-order chi connectivity index (χ1) is 21.9. The molecule has 0 bridgehead atoms. The second kappa shape index (κ2) is 18.6. The van der Waals surface area contributed by atoms with Crippen LogP contribution < -0.4 is 5.32 Å². The number of azo groups is 1. The van der Waals surface area contributed by atoms with Crippen LogP contribution in [0.25, 0.3) is 0 Å². The van der Waals surface area contributed by atoms with E-state index in [4.69, 9.17) is 9.47 Å². The third-order valence-corrected chi connectivity index (χ3v) is 6.43. The number of ether oxygens (including phenoxy) is 3. The number of hydrogen-bond acceptors (Lipinski definition) is 12. The standard InChI is InChI=1S/C33H43N5O8/c1-33(2,3)46-30(22-40)38(5)19-18-37(4)29(21-39)45-23-24-11-13-25(14-12-24)35-36-26-15-16-28(41)27(20-26)32(43)34-17-9-7-8-10-31(42)44-6/h11-16,20,41H,7-10,17-19,23H2,1-6H3,(H,34,43). The van der Waals surface area contributed by atoms with Gasteiger partial charge in [-0.3, -0.25) is 9.59 Å². The zero-order valence-electron chi connectivity index (χ0n) is 27.3. The molecule has 2 N–H and O–H groups in total. The molecule has 0 unspecified atom stereocenters. The largest absolute Gasteiger partial charge is 0.507 e. The van der Waals surface area contributed by atoms with Crippen LogP contribution >= 0.6 is 0 Å². The molecule has 2 aromatic carbocycles. The van der Waals surface area contributed by atoms with Gasteiger partial charge in [-0.05, 0) is 69.5 Å². The van der Waals surface area contributed by atoms with Crippen molar-refractivity contribution in [3.63, 3.8) is 0 Å². The summed E-state index contributed by atoms with van der Waals surface area (Å²) in [7, 11) is 4.73. The van der Waals surface area contributed by atoms with Crippen molar-refractivity contribution in [2.45, 2.75) is 58.7 Å². The van der Waals surface area contributed by atoms with E-state index in [1.807, 2.05) is 26.7 Å². The topological polar surface area (TPSA) is 159 Å². The molecule has 46 heavy (non-hydrogen) atoms. The molecule has 0 fully saturated rings. The Bertz CT molecular complexity index is 1440. The Hall–Kier alpha value is -5.12. The normalized spacial score (nSPS) is 10.8. The molecule has 0 spiro atoms. The first kappa shape index (κ1) is 37.1. The summed E-state index contributed by atoms with van der Waals surface area (Å²) in [6.45, 7) is 6.73. The number of aromatic hydroxyl groups is 1. The van der Waals surface area contributed by atoms with E-state index in [9.17, 15) is 24.3 Å². The highest BCUT2D eigenvalue weighted by Crippen LogP contribution is 2.25. The van der Waals surface area contributed by atoms with E-state index in [0.29, 0.717) is 50.3 Å². The molecule has 0 atom stereocenters. The minimum Gasteiger partial charge on any atom is -0.507 e. The maximum absolute atomic E-state index is 12.6. The zero-order chi connectivity index (χ0) is 34.1. The number of nitrogens with one attached hydrogen (secondary N) is 1. The highest BCUT2D eigenvalue weighted by Gasteiger charge is 2.19. The van der Waals surface area contributed by atoms with Crippen molar-refractivity contribution in [2.24, 2.45) is 10.2 Å². The molecule has 0 radical (unpaired) electrons. The summed E-state index contributed by atoms with van der Waals surface area (Å²) in [5, 5.41) is 21.3. The van der Waals surface area contributed by atoms with E-state index in [1.54, 1.807) is 60.2 Å². The Morgan fingerprint density at radius 3 is 2.11 bits per heavy atom. The number of phenols is 1. The van der Waals surface area contributed by atoms with Gasteiger partial charge >= 0.3 is 5.97 Å². The average Bonchev–Trinajstić information content (AvgIpc) is 3.03. The monoisotopic (exact) mass is 637 g/mol. The van der Waals surface area contributed by atoms with Crippen LogP contribution in [-0.4, -0.2) is 85.1 Å². The SMILES string of the molecule is COC(=O)CCCCCNC(=O)c1cc(N=Nc2ccc(COC(=C=O)N(C)CCN(C)C(=C=O)OC(C)(C)C)cc2)ccc1O. The highest BCUT2D eigenvalue weighted by atomic mass is 16.5. The Kier molecular flexibility index (Phi) is 15.0. The number of methoxy groups -OCH3 is 1. The van der Waals surface area contributed by atoms with Gasteiger partial charge in [-0.2, -0.15) is 10.2 Å². The summed E-state index contributed by atoms with van der Waals surface area (Å²) in [4.78, 5) is 49.8. The van der Waals surface area contributed by atoms with Gasteiger partial charge in [0.15, 0.2) is 11.9 Å². The summed E-state index contributed by atoms with van der Waals surface area (Å²) < 4.78 is 15.9. The zero-order valence-corrected chi connectivity index (χ0v) is 27.3. The Morgan fingerprint density at radius 2 is 1.50 bits per heavy atom. The van der Waals surface area contributed by atoms with E-state index in [1.165, 1.54) is 19.2 Å². The van der Waals surface area contributed by atoms with Crippen molar-refractivity contribution < 1.29 is 38.5 Å². The van der Waals surface area contributed by atoms with Gasteiger partial charge in [-0.15, -0.1) is 0 Å². The van der Waals surface area contributed by atoms with Gasteiger partial charge in [-0.25, -0.2) is 9.59 Å². The van der Waals surface area contributed by atoms with Gasteiger partial charge in [0.2, 0.25) is 0 Å². The van der Waals surface area contributed by atoms with Gasteiger partial charge in [0.25, 0.3) is 17.7 Å². The fraction of sp³-hybridized carbons (Fsp3) is 0.455. The molecule has 1 amide bonds. The molecule has 2 aromatic rings. The molecular formula is C33H43N5O8. The van der Waals surface area contributed by atoms with Crippen molar-refractivity contribution in [3.05, 3.63) is 65.4 Å². The second-order valence-corrected chi connectivity index (χ2v) is 11.4. The number of rotatable bonds is 18. The molecule has 0 aliphatic rings. The van der Waals surface area contributed by atoms with Crippen LogP contribution in [0.4, 0.5) is 11.4 Å². The number of carbonyl (C=O) groups excluding carboxylic acids is 4. The lowest BCUT2D eigenvalue weighted by molar-refractivity contribution is -0.140. The molecule has 0 saturated carbocycles. The maximum atomic E-state index is 12.6. The highest BCUT2D eigenvalue weighted by molar-refractivity contribution is 5.97. The number of likely N-dealkylation sites (N-methyl/N-ethyl adjacent to an activating group) is 2. The quantitative estimate of drug-likeness (QED) is 0.0763. The molecule has 0 saturated heterocycles. The molecule has 0 aliphatic heterocycles. The minimum absolute atomic E-state index is 0.0104. The lowest BCUT2D eigenvalue weighted by Gasteiger charge is -2.28. The number of esters is 1. The summed E-state index contributed by atoms with van der Waals surface area (Å²) in [6, 6.07) is 11.4. The van der Waals surface area contributed by atoms with Crippen LogP contribution in [0.5, 0.6) is 5.75 Å². The van der Waals surface area contributed by atoms with E-state index < -0.39 is 11.5 Å². The van der Waals surface area contributed by atoms with E-state index >= 15 is 0 Å². The number of nitrogens with zero attached hydrogens (tertiary/aromatic N) is 4. The molecule has 13 heteroatoms. The number of unbranched alkanes of at least 4 members (excludes halogenated alkanes) is 2. The smallest absolute Gasteiger partial charge is 0.305 e. The maximum Gasteiger partial charge on any atom is 0.305 e. The molecule has 0 aromatic heterocycles. The van der Waals surface area contributed by atoms with Crippen molar-refractivity contribution >= 4 is 35.1 Å². The Balaban J connectivity index is 1.88.